The van der Waals surface area contributed by atoms with Crippen LogP contribution in [0.25, 0.3) is 0 Å². The fraction of sp³-hybridized carbons (Fsp3) is 0.250. The number of methoxy groups -OCH3 is 2. The molecule has 2 N–H and O–H groups in total. The third-order valence-corrected chi connectivity index (χ3v) is 4.30. The molecule has 8 nitrogen and oxygen atoms in total. The number of nitrogens with zero attached hydrogens (tertiary/aromatic N) is 1. The number of primary amides is 1. The molecule has 0 spiro atoms. The lowest BCUT2D eigenvalue weighted by atomic mass is 10.2. The van der Waals surface area contributed by atoms with Crippen molar-refractivity contribution in [1.82, 2.24) is 0 Å². The summed E-state index contributed by atoms with van der Waals surface area (Å²) >= 11 is 6.07. The van der Waals surface area contributed by atoms with Crippen molar-refractivity contribution in [3.63, 3.8) is 0 Å². The first-order valence-electron chi connectivity index (χ1n) is 8.69. The van der Waals surface area contributed by atoms with E-state index >= 15 is 0 Å². The molecule has 2 aromatic rings. The lowest BCUT2D eigenvalue weighted by Gasteiger charge is -2.22. The summed E-state index contributed by atoms with van der Waals surface area (Å²) in [5.74, 6) is -2.08. The van der Waals surface area contributed by atoms with Crippen molar-refractivity contribution in [2.24, 2.45) is 5.73 Å². The fourth-order valence-electron chi connectivity index (χ4n) is 2.57. The smallest absolute Gasteiger partial charge is 0.338 e. The molecule has 0 saturated heterocycles. The van der Waals surface area contributed by atoms with E-state index in [-0.39, 0.29) is 35.1 Å². The first-order chi connectivity index (χ1) is 14.3. The summed E-state index contributed by atoms with van der Waals surface area (Å²) in [4.78, 5) is 37.3. The summed E-state index contributed by atoms with van der Waals surface area (Å²) in [5.41, 5.74) is 5.53. The van der Waals surface area contributed by atoms with E-state index in [0.29, 0.717) is 5.69 Å². The lowest BCUT2D eigenvalue weighted by molar-refractivity contribution is -0.121. The van der Waals surface area contributed by atoms with Crippen LogP contribution in [-0.2, 0) is 14.3 Å². The molecule has 0 aliphatic carbocycles. The van der Waals surface area contributed by atoms with E-state index in [0.717, 1.165) is 12.1 Å². The summed E-state index contributed by atoms with van der Waals surface area (Å²) in [5, 5.41) is 0.129. The number of esters is 1. The largest absolute Gasteiger partial charge is 0.493 e. The number of ether oxygens (including phenoxy) is 3. The Morgan fingerprint density at radius 1 is 1.10 bits per heavy atom. The molecule has 2 rings (SSSR count). The molecule has 0 fully saturated rings. The average molecular weight is 439 g/mol. The van der Waals surface area contributed by atoms with Gasteiger partial charge in [-0.3, -0.25) is 9.59 Å². The Kier molecular flexibility index (Phi) is 7.99. The third kappa shape index (κ3) is 5.84. The van der Waals surface area contributed by atoms with Crippen LogP contribution in [0.2, 0.25) is 5.02 Å². The predicted octanol–water partition coefficient (Wildman–Crippen LogP) is 2.56. The topological polar surface area (TPSA) is 108 Å². The number of rotatable bonds is 9. The maximum absolute atomic E-state index is 13.2. The molecule has 0 saturated carbocycles. The number of amides is 2. The van der Waals surface area contributed by atoms with Crippen LogP contribution < -0.4 is 20.1 Å². The van der Waals surface area contributed by atoms with Crippen molar-refractivity contribution in [1.29, 1.82) is 0 Å². The highest BCUT2D eigenvalue weighted by Gasteiger charge is 2.21. The third-order valence-electron chi connectivity index (χ3n) is 4.02. The Morgan fingerprint density at radius 2 is 1.77 bits per heavy atom. The van der Waals surface area contributed by atoms with Gasteiger partial charge < -0.3 is 24.8 Å². The highest BCUT2D eigenvalue weighted by Crippen LogP contribution is 2.36. The summed E-state index contributed by atoms with van der Waals surface area (Å²) in [6.07, 6.45) is -0.123. The minimum atomic E-state index is -0.819. The molecule has 0 radical (unpaired) electrons. The minimum Gasteiger partial charge on any atom is -0.493 e. The fourth-order valence-corrected chi connectivity index (χ4v) is 2.85. The van der Waals surface area contributed by atoms with Crippen LogP contribution in [0.15, 0.2) is 36.4 Å². The molecule has 0 aromatic heterocycles. The number of benzene rings is 2. The van der Waals surface area contributed by atoms with E-state index in [1.165, 1.54) is 43.4 Å². The zero-order valence-corrected chi connectivity index (χ0v) is 17.1. The highest BCUT2D eigenvalue weighted by molar-refractivity contribution is 6.32. The van der Waals surface area contributed by atoms with Crippen LogP contribution in [-0.4, -0.2) is 45.2 Å². The monoisotopic (exact) mass is 438 g/mol. The first-order valence-corrected chi connectivity index (χ1v) is 9.07. The van der Waals surface area contributed by atoms with Crippen molar-refractivity contribution in [2.45, 2.75) is 6.42 Å². The Morgan fingerprint density at radius 3 is 2.33 bits per heavy atom. The quantitative estimate of drug-likeness (QED) is 0.603. The number of anilines is 1. The van der Waals surface area contributed by atoms with Gasteiger partial charge >= 0.3 is 5.97 Å². The Hall–Kier alpha value is -3.33. The highest BCUT2D eigenvalue weighted by atomic mass is 35.5. The number of carbonyl (C=O) groups is 3. The van der Waals surface area contributed by atoms with E-state index in [2.05, 4.69) is 0 Å². The van der Waals surface area contributed by atoms with E-state index in [9.17, 15) is 18.8 Å². The van der Waals surface area contributed by atoms with E-state index < -0.39 is 30.2 Å². The molecule has 10 heteroatoms. The van der Waals surface area contributed by atoms with Gasteiger partial charge in [0.15, 0.2) is 18.1 Å². The molecule has 0 aliphatic rings. The van der Waals surface area contributed by atoms with Gasteiger partial charge in [-0.2, -0.15) is 0 Å². The normalized spacial score (nSPS) is 10.3. The van der Waals surface area contributed by atoms with Crippen LogP contribution in [0.5, 0.6) is 11.5 Å². The molecule has 160 valence electrons. The van der Waals surface area contributed by atoms with Gasteiger partial charge in [0.2, 0.25) is 5.91 Å². The molecule has 0 unspecified atom stereocenters. The number of hydrogen-bond donors (Lipinski definition) is 1. The maximum Gasteiger partial charge on any atom is 0.338 e. The summed E-state index contributed by atoms with van der Waals surface area (Å²) in [6, 6.07) is 7.74. The molecule has 0 bridgehead atoms. The molecule has 30 heavy (non-hydrogen) atoms. The standard InChI is InChI=1S/C20H20ClFN2O6/c1-28-16-10-12(9-15(21)19(16)29-2)20(27)30-11-18(26)24(8-7-17(23)25)14-5-3-13(22)4-6-14/h3-6,9-10H,7-8,11H2,1-2H3,(H2,23,25). The number of carbonyl (C=O) groups excluding carboxylic acids is 3. The predicted molar refractivity (Wildman–Crippen MR) is 107 cm³/mol. The van der Waals surface area contributed by atoms with Crippen molar-refractivity contribution >= 4 is 35.1 Å². The van der Waals surface area contributed by atoms with E-state index in [1.807, 2.05) is 0 Å². The number of nitrogens with two attached hydrogens (primary N) is 1. The van der Waals surface area contributed by atoms with Crippen LogP contribution in [0.4, 0.5) is 10.1 Å². The van der Waals surface area contributed by atoms with E-state index in [1.54, 1.807) is 0 Å². The van der Waals surface area contributed by atoms with Crippen molar-refractivity contribution in [3.05, 3.63) is 52.8 Å². The Balaban J connectivity index is 2.14. The van der Waals surface area contributed by atoms with Crippen LogP contribution in [0.1, 0.15) is 16.8 Å². The summed E-state index contributed by atoms with van der Waals surface area (Å²) in [7, 11) is 2.78. The SMILES string of the molecule is COc1cc(C(=O)OCC(=O)N(CCC(N)=O)c2ccc(F)cc2)cc(Cl)c1OC. The summed E-state index contributed by atoms with van der Waals surface area (Å²) in [6.45, 7) is -0.680. The van der Waals surface area contributed by atoms with Gasteiger partial charge in [0.1, 0.15) is 5.82 Å². The van der Waals surface area contributed by atoms with Gasteiger partial charge in [0.25, 0.3) is 5.91 Å². The van der Waals surface area contributed by atoms with Gasteiger partial charge in [-0.15, -0.1) is 0 Å². The van der Waals surface area contributed by atoms with Gasteiger partial charge in [-0.05, 0) is 36.4 Å². The maximum atomic E-state index is 13.2. The molecule has 0 heterocycles. The molecule has 2 amide bonds. The lowest BCUT2D eigenvalue weighted by Crippen LogP contribution is -2.37. The molecule has 0 aliphatic heterocycles. The van der Waals surface area contributed by atoms with Crippen LogP contribution in [0.3, 0.4) is 0 Å². The molecular formula is C20H20ClFN2O6. The van der Waals surface area contributed by atoms with Crippen LogP contribution >= 0.6 is 11.6 Å². The second-order valence-corrected chi connectivity index (χ2v) is 6.42. The van der Waals surface area contributed by atoms with Gasteiger partial charge in [0, 0.05) is 18.7 Å². The zero-order valence-electron chi connectivity index (χ0n) is 16.3. The molecule has 0 atom stereocenters. The van der Waals surface area contributed by atoms with E-state index in [4.69, 9.17) is 31.5 Å². The molecular weight excluding hydrogens is 419 g/mol. The van der Waals surface area contributed by atoms with Gasteiger partial charge in [-0.25, -0.2) is 9.18 Å². The van der Waals surface area contributed by atoms with Crippen molar-refractivity contribution in [3.8, 4) is 11.5 Å². The van der Waals surface area contributed by atoms with Gasteiger partial charge in [-0.1, -0.05) is 11.6 Å². The number of halogens is 2. The van der Waals surface area contributed by atoms with Crippen LogP contribution in [0, 0.1) is 5.82 Å². The second-order valence-electron chi connectivity index (χ2n) is 6.01. The number of hydrogen-bond acceptors (Lipinski definition) is 6. The zero-order chi connectivity index (χ0) is 22.3. The Bertz CT molecular complexity index is 936. The Labute approximate surface area is 177 Å². The van der Waals surface area contributed by atoms with Gasteiger partial charge in [0.05, 0.1) is 24.8 Å². The van der Waals surface area contributed by atoms with Crippen molar-refractivity contribution in [2.75, 3.05) is 32.3 Å². The second kappa shape index (κ2) is 10.4. The minimum absolute atomic E-state index is 0.0518. The van der Waals surface area contributed by atoms with Crippen molar-refractivity contribution < 1.29 is 33.0 Å². The summed E-state index contributed by atoms with van der Waals surface area (Å²) < 4.78 is 28.5. The average Bonchev–Trinajstić information content (AvgIpc) is 2.72. The first kappa shape index (κ1) is 23.0. The molecule has 2 aromatic carbocycles.